The van der Waals surface area contributed by atoms with Crippen molar-refractivity contribution in [3.8, 4) is 11.3 Å². The van der Waals surface area contributed by atoms with E-state index in [1.165, 1.54) is 0 Å². The van der Waals surface area contributed by atoms with Crippen LogP contribution in [0.2, 0.25) is 0 Å². The van der Waals surface area contributed by atoms with Crippen molar-refractivity contribution < 1.29 is 4.79 Å². The fourth-order valence-corrected chi connectivity index (χ4v) is 2.94. The number of carbonyl (C=O) groups is 1. The number of rotatable bonds is 4. The topological polar surface area (TPSA) is 99.0 Å². The highest BCUT2D eigenvalue weighted by Crippen LogP contribution is 2.35. The maximum absolute atomic E-state index is 12.4. The molecule has 5 N–H and O–H groups in total. The minimum absolute atomic E-state index is 0.359. The standard InChI is InChI=1S/C21H25N5O/c1-13-7-5-6-8-16(13)24-20-17(19(23)27)18(25-26(20)21(2,3)4)14-9-11-15(22)12-10-14/h5-12,24H,22H2,1-4H3,(H2,23,27). The first kappa shape index (κ1) is 18.5. The molecule has 0 saturated heterocycles. The normalized spacial score (nSPS) is 11.4. The Kier molecular flexibility index (Phi) is 4.66. The second-order valence-electron chi connectivity index (χ2n) is 7.58. The number of nitrogens with zero attached hydrogens (tertiary/aromatic N) is 2. The molecule has 140 valence electrons. The van der Waals surface area contributed by atoms with Crippen molar-refractivity contribution in [2.75, 3.05) is 11.1 Å². The van der Waals surface area contributed by atoms with Gasteiger partial charge >= 0.3 is 0 Å². The third kappa shape index (κ3) is 3.65. The Morgan fingerprint density at radius 3 is 2.26 bits per heavy atom. The van der Waals surface area contributed by atoms with Crippen LogP contribution < -0.4 is 16.8 Å². The van der Waals surface area contributed by atoms with Crippen LogP contribution in [-0.4, -0.2) is 15.7 Å². The van der Waals surface area contributed by atoms with Gasteiger partial charge in [-0.15, -0.1) is 0 Å². The molecule has 0 unspecified atom stereocenters. The van der Waals surface area contributed by atoms with Gasteiger partial charge in [-0.05, 0) is 51.5 Å². The maximum Gasteiger partial charge on any atom is 0.254 e. The number of nitrogens with one attached hydrogen (secondary N) is 1. The molecule has 2 aromatic carbocycles. The molecular formula is C21H25N5O. The van der Waals surface area contributed by atoms with Gasteiger partial charge in [-0.2, -0.15) is 5.10 Å². The van der Waals surface area contributed by atoms with Gasteiger partial charge in [-0.3, -0.25) is 4.79 Å². The van der Waals surface area contributed by atoms with Gasteiger partial charge in [0.15, 0.2) is 0 Å². The largest absolute Gasteiger partial charge is 0.399 e. The van der Waals surface area contributed by atoms with Gasteiger partial charge in [-0.25, -0.2) is 4.68 Å². The second-order valence-corrected chi connectivity index (χ2v) is 7.58. The summed E-state index contributed by atoms with van der Waals surface area (Å²) in [6.45, 7) is 8.09. The molecule has 27 heavy (non-hydrogen) atoms. The van der Waals surface area contributed by atoms with Gasteiger partial charge in [-0.1, -0.05) is 30.3 Å². The number of aryl methyl sites for hydroxylation is 1. The summed E-state index contributed by atoms with van der Waals surface area (Å²) in [6.07, 6.45) is 0. The Bertz CT molecular complexity index is 981. The summed E-state index contributed by atoms with van der Waals surface area (Å²) in [5.74, 6) is 0.0459. The minimum atomic E-state index is -0.534. The van der Waals surface area contributed by atoms with Crippen molar-refractivity contribution in [2.45, 2.75) is 33.2 Å². The molecule has 0 aliphatic heterocycles. The molecule has 0 aliphatic rings. The van der Waals surface area contributed by atoms with Crippen molar-refractivity contribution in [2.24, 2.45) is 5.73 Å². The highest BCUT2D eigenvalue weighted by Gasteiger charge is 2.28. The van der Waals surface area contributed by atoms with Crippen molar-refractivity contribution in [3.05, 3.63) is 59.7 Å². The van der Waals surface area contributed by atoms with Crippen LogP contribution in [0.1, 0.15) is 36.7 Å². The van der Waals surface area contributed by atoms with Gasteiger partial charge in [0.1, 0.15) is 17.1 Å². The molecule has 6 nitrogen and oxygen atoms in total. The Morgan fingerprint density at radius 1 is 1.07 bits per heavy atom. The third-order valence-electron chi connectivity index (χ3n) is 4.35. The number of anilines is 3. The summed E-state index contributed by atoms with van der Waals surface area (Å²) in [6, 6.07) is 15.1. The molecule has 0 saturated carbocycles. The van der Waals surface area contributed by atoms with Crippen LogP contribution in [0.3, 0.4) is 0 Å². The van der Waals surface area contributed by atoms with Crippen LogP contribution in [0.15, 0.2) is 48.5 Å². The first-order valence-electron chi connectivity index (χ1n) is 8.80. The fourth-order valence-electron chi connectivity index (χ4n) is 2.94. The summed E-state index contributed by atoms with van der Waals surface area (Å²) in [7, 11) is 0. The summed E-state index contributed by atoms with van der Waals surface area (Å²) in [5.41, 5.74) is 15.5. The number of benzene rings is 2. The van der Waals surface area contributed by atoms with E-state index in [1.54, 1.807) is 12.1 Å². The molecule has 0 atom stereocenters. The average molecular weight is 363 g/mol. The van der Waals surface area contributed by atoms with Gasteiger partial charge in [0.2, 0.25) is 0 Å². The van der Waals surface area contributed by atoms with Crippen LogP contribution in [0.5, 0.6) is 0 Å². The van der Waals surface area contributed by atoms with Gasteiger partial charge in [0.25, 0.3) is 5.91 Å². The number of amides is 1. The molecule has 0 spiro atoms. The quantitative estimate of drug-likeness (QED) is 0.609. The van der Waals surface area contributed by atoms with Gasteiger partial charge in [0.05, 0.1) is 5.54 Å². The first-order valence-corrected chi connectivity index (χ1v) is 8.80. The molecule has 1 aromatic heterocycles. The first-order chi connectivity index (χ1) is 12.7. The highest BCUT2D eigenvalue weighted by molar-refractivity contribution is 6.04. The molecule has 0 radical (unpaired) electrons. The number of carbonyl (C=O) groups excluding carboxylic acids is 1. The average Bonchev–Trinajstić information content (AvgIpc) is 2.97. The molecule has 3 rings (SSSR count). The molecular weight excluding hydrogens is 338 g/mol. The van der Waals surface area contributed by atoms with E-state index in [-0.39, 0.29) is 5.54 Å². The van der Waals surface area contributed by atoms with Crippen LogP contribution in [-0.2, 0) is 5.54 Å². The van der Waals surface area contributed by atoms with Crippen molar-refractivity contribution >= 4 is 23.1 Å². The van der Waals surface area contributed by atoms with E-state index in [4.69, 9.17) is 16.6 Å². The Morgan fingerprint density at radius 2 is 1.70 bits per heavy atom. The number of hydrogen-bond donors (Lipinski definition) is 3. The van der Waals surface area contributed by atoms with Crippen molar-refractivity contribution in [1.29, 1.82) is 0 Å². The molecule has 6 heteroatoms. The molecule has 0 aliphatic carbocycles. The fraction of sp³-hybridized carbons (Fsp3) is 0.238. The van der Waals surface area contributed by atoms with E-state index in [9.17, 15) is 4.79 Å². The lowest BCUT2D eigenvalue weighted by Crippen LogP contribution is -2.25. The summed E-state index contributed by atoms with van der Waals surface area (Å²) in [4.78, 5) is 12.4. The Labute approximate surface area is 159 Å². The zero-order valence-corrected chi connectivity index (χ0v) is 16.1. The summed E-state index contributed by atoms with van der Waals surface area (Å²) in [5, 5.41) is 8.11. The number of nitrogen functional groups attached to an aromatic ring is 1. The number of primary amides is 1. The van der Waals surface area contributed by atoms with E-state index in [1.807, 2.05) is 68.8 Å². The van der Waals surface area contributed by atoms with Gasteiger partial charge < -0.3 is 16.8 Å². The number of nitrogens with two attached hydrogens (primary N) is 2. The summed E-state index contributed by atoms with van der Waals surface area (Å²) < 4.78 is 1.81. The predicted molar refractivity (Wildman–Crippen MR) is 110 cm³/mol. The molecule has 3 aromatic rings. The molecule has 1 heterocycles. The SMILES string of the molecule is Cc1ccccc1Nc1c(C(N)=O)c(-c2ccc(N)cc2)nn1C(C)(C)C. The van der Waals surface area contributed by atoms with Crippen LogP contribution in [0.25, 0.3) is 11.3 Å². The lowest BCUT2D eigenvalue weighted by molar-refractivity contribution is 0.100. The highest BCUT2D eigenvalue weighted by atomic mass is 16.1. The summed E-state index contributed by atoms with van der Waals surface area (Å²) >= 11 is 0. The van der Waals surface area contributed by atoms with E-state index in [0.29, 0.717) is 22.8 Å². The molecule has 1 amide bonds. The maximum atomic E-state index is 12.4. The van der Waals surface area contributed by atoms with E-state index in [2.05, 4.69) is 5.32 Å². The zero-order valence-electron chi connectivity index (χ0n) is 16.1. The van der Waals surface area contributed by atoms with Crippen molar-refractivity contribution in [3.63, 3.8) is 0 Å². The monoisotopic (exact) mass is 363 g/mol. The zero-order chi connectivity index (χ0) is 19.8. The van der Waals surface area contributed by atoms with E-state index >= 15 is 0 Å². The number of para-hydroxylation sites is 1. The predicted octanol–water partition coefficient (Wildman–Crippen LogP) is 4.04. The van der Waals surface area contributed by atoms with Crippen LogP contribution >= 0.6 is 0 Å². The molecule has 0 bridgehead atoms. The minimum Gasteiger partial charge on any atom is -0.399 e. The number of aromatic nitrogens is 2. The smallest absolute Gasteiger partial charge is 0.254 e. The second kappa shape index (κ2) is 6.79. The van der Waals surface area contributed by atoms with Crippen LogP contribution in [0.4, 0.5) is 17.2 Å². The molecule has 0 fully saturated rings. The van der Waals surface area contributed by atoms with Crippen LogP contribution in [0, 0.1) is 6.92 Å². The lowest BCUT2D eigenvalue weighted by Gasteiger charge is -2.23. The lowest BCUT2D eigenvalue weighted by atomic mass is 10.1. The van der Waals surface area contributed by atoms with Gasteiger partial charge in [0, 0.05) is 16.9 Å². The van der Waals surface area contributed by atoms with E-state index in [0.717, 1.165) is 16.8 Å². The van der Waals surface area contributed by atoms with E-state index < -0.39 is 5.91 Å². The Hall–Kier alpha value is -3.28. The number of hydrogen-bond acceptors (Lipinski definition) is 4. The Balaban J connectivity index is 2.25. The van der Waals surface area contributed by atoms with Crippen molar-refractivity contribution in [1.82, 2.24) is 9.78 Å². The third-order valence-corrected chi connectivity index (χ3v) is 4.35.